The fourth-order valence-corrected chi connectivity index (χ4v) is 5.53. The van der Waals surface area contributed by atoms with E-state index in [0.29, 0.717) is 15.6 Å². The van der Waals surface area contributed by atoms with Crippen molar-refractivity contribution in [1.29, 1.82) is 0 Å². The van der Waals surface area contributed by atoms with Crippen LogP contribution < -0.4 is 14.5 Å². The molecule has 0 spiro atoms. The second kappa shape index (κ2) is 12.7. The fourth-order valence-electron chi connectivity index (χ4n) is 3.92. The van der Waals surface area contributed by atoms with Crippen LogP contribution in [0.15, 0.2) is 87.2 Å². The number of sulfonamides is 1. The number of amides is 1. The van der Waals surface area contributed by atoms with Crippen molar-refractivity contribution in [3.63, 3.8) is 0 Å². The van der Waals surface area contributed by atoms with Gasteiger partial charge in [0.25, 0.3) is 27.3 Å². The number of halogens is 1. The summed E-state index contributed by atoms with van der Waals surface area (Å²) >= 11 is 6.13. The number of nitrogens with zero attached hydrogens (tertiary/aromatic N) is 4. The Morgan fingerprint density at radius 3 is 2.53 bits per heavy atom. The maximum absolute atomic E-state index is 13.8. The fraction of sp³-hybridized carbons (Fsp3) is 0.111. The molecule has 4 rings (SSSR count). The molecule has 16 heteroatoms. The highest BCUT2D eigenvalue weighted by molar-refractivity contribution is 7.92. The predicted octanol–water partition coefficient (Wildman–Crippen LogP) is 5.08. The molecule has 0 radical (unpaired) electrons. The SMILES string of the molecule is COc1ccc(Cl)cc1N(CC(=O)N/N=C\c1ccc(-c2cccc([N+](=O)[O-])c2)o1)S(=O)(=O)c1ccc(C)c([N+](=O)[O-])c1. The van der Waals surface area contributed by atoms with Crippen LogP contribution in [0.4, 0.5) is 17.1 Å². The smallest absolute Gasteiger partial charge is 0.273 e. The van der Waals surface area contributed by atoms with Crippen LogP contribution in [0.25, 0.3) is 11.3 Å². The van der Waals surface area contributed by atoms with Crippen molar-refractivity contribution in [3.05, 3.63) is 109 Å². The zero-order chi connectivity index (χ0) is 31.3. The van der Waals surface area contributed by atoms with E-state index in [1.807, 2.05) is 0 Å². The summed E-state index contributed by atoms with van der Waals surface area (Å²) in [6.07, 6.45) is 1.15. The maximum atomic E-state index is 13.8. The molecule has 0 saturated heterocycles. The van der Waals surface area contributed by atoms with Crippen LogP contribution in [0.3, 0.4) is 0 Å². The summed E-state index contributed by atoms with van der Waals surface area (Å²) in [7, 11) is -3.28. The summed E-state index contributed by atoms with van der Waals surface area (Å²) in [5, 5.41) is 26.5. The van der Waals surface area contributed by atoms with Crippen molar-refractivity contribution in [3.8, 4) is 17.1 Å². The van der Waals surface area contributed by atoms with Crippen molar-refractivity contribution in [1.82, 2.24) is 5.43 Å². The summed E-state index contributed by atoms with van der Waals surface area (Å²) < 4.78 is 39.1. The van der Waals surface area contributed by atoms with Crippen LogP contribution in [-0.4, -0.2) is 44.0 Å². The summed E-state index contributed by atoms with van der Waals surface area (Å²) in [6.45, 7) is 0.651. The number of hydrogen-bond acceptors (Lipinski definition) is 10. The molecule has 43 heavy (non-hydrogen) atoms. The number of aryl methyl sites for hydroxylation is 1. The zero-order valence-corrected chi connectivity index (χ0v) is 24.0. The van der Waals surface area contributed by atoms with Crippen LogP contribution in [0, 0.1) is 27.2 Å². The third-order valence-corrected chi connectivity index (χ3v) is 8.00. The highest BCUT2D eigenvalue weighted by atomic mass is 35.5. The minimum Gasteiger partial charge on any atom is -0.495 e. The van der Waals surface area contributed by atoms with E-state index >= 15 is 0 Å². The van der Waals surface area contributed by atoms with Crippen molar-refractivity contribution >= 4 is 50.8 Å². The monoisotopic (exact) mass is 627 g/mol. The molecular weight excluding hydrogens is 606 g/mol. The van der Waals surface area contributed by atoms with Gasteiger partial charge in [-0.1, -0.05) is 29.8 Å². The lowest BCUT2D eigenvalue weighted by molar-refractivity contribution is -0.385. The third kappa shape index (κ3) is 6.97. The van der Waals surface area contributed by atoms with Gasteiger partial charge >= 0.3 is 0 Å². The molecule has 0 fully saturated rings. The number of carbonyl (C=O) groups is 1. The molecule has 1 aromatic heterocycles. The van der Waals surface area contributed by atoms with E-state index in [1.165, 1.54) is 68.6 Å². The number of nitrogens with one attached hydrogen (secondary N) is 1. The number of hydrogen-bond donors (Lipinski definition) is 1. The van der Waals surface area contributed by atoms with Gasteiger partial charge in [0.1, 0.15) is 23.8 Å². The van der Waals surface area contributed by atoms with Gasteiger partial charge in [-0.25, -0.2) is 13.8 Å². The number of furan rings is 1. The second-order valence-electron chi connectivity index (χ2n) is 8.84. The Morgan fingerprint density at radius 2 is 1.84 bits per heavy atom. The van der Waals surface area contributed by atoms with E-state index in [9.17, 15) is 33.4 Å². The van der Waals surface area contributed by atoms with Crippen LogP contribution in [0.5, 0.6) is 5.75 Å². The van der Waals surface area contributed by atoms with Gasteiger partial charge in [0.05, 0.1) is 33.8 Å². The van der Waals surface area contributed by atoms with Crippen LogP contribution in [0.1, 0.15) is 11.3 Å². The first-order valence-electron chi connectivity index (χ1n) is 12.2. The van der Waals surface area contributed by atoms with Crippen molar-refractivity contribution in [2.45, 2.75) is 11.8 Å². The molecule has 0 unspecified atom stereocenters. The molecule has 0 bridgehead atoms. The number of ether oxygens (including phenoxy) is 1. The number of nitro groups is 2. The van der Waals surface area contributed by atoms with Crippen LogP contribution >= 0.6 is 11.6 Å². The van der Waals surface area contributed by atoms with Gasteiger partial charge in [-0.15, -0.1) is 0 Å². The first-order valence-corrected chi connectivity index (χ1v) is 14.0. The van der Waals surface area contributed by atoms with Crippen molar-refractivity contribution in [2.24, 2.45) is 5.10 Å². The third-order valence-electron chi connectivity index (χ3n) is 6.01. The largest absolute Gasteiger partial charge is 0.495 e. The number of carbonyl (C=O) groups excluding carboxylic acids is 1. The molecule has 4 aromatic rings. The lowest BCUT2D eigenvalue weighted by atomic mass is 10.1. The highest BCUT2D eigenvalue weighted by Crippen LogP contribution is 2.35. The average Bonchev–Trinajstić information content (AvgIpc) is 3.45. The molecule has 0 saturated carbocycles. The highest BCUT2D eigenvalue weighted by Gasteiger charge is 2.31. The number of methoxy groups -OCH3 is 1. The number of rotatable bonds is 11. The first-order chi connectivity index (χ1) is 20.4. The van der Waals surface area contributed by atoms with Crippen molar-refractivity contribution < 1.29 is 32.2 Å². The van der Waals surface area contributed by atoms with E-state index in [1.54, 1.807) is 12.1 Å². The van der Waals surface area contributed by atoms with Gasteiger partial charge in [-0.05, 0) is 43.3 Å². The van der Waals surface area contributed by atoms with Crippen LogP contribution in [0.2, 0.25) is 5.02 Å². The van der Waals surface area contributed by atoms with E-state index in [0.717, 1.165) is 12.3 Å². The molecule has 3 aromatic carbocycles. The molecule has 1 N–H and O–H groups in total. The molecular formula is C27H22ClN5O9S. The molecule has 1 amide bonds. The van der Waals surface area contributed by atoms with E-state index in [2.05, 4.69) is 10.5 Å². The molecule has 222 valence electrons. The Morgan fingerprint density at radius 1 is 1.07 bits per heavy atom. The molecule has 1 heterocycles. The quantitative estimate of drug-likeness (QED) is 0.134. The number of nitro benzene ring substituents is 2. The Labute approximate surface area is 249 Å². The van der Waals surface area contributed by atoms with E-state index in [4.69, 9.17) is 20.8 Å². The maximum Gasteiger partial charge on any atom is 0.273 e. The normalized spacial score (nSPS) is 11.3. The first kappa shape index (κ1) is 30.7. The lowest BCUT2D eigenvalue weighted by Crippen LogP contribution is -2.39. The summed E-state index contributed by atoms with van der Waals surface area (Å²) in [5.74, 6) is -0.312. The molecule has 0 aliphatic carbocycles. The Kier molecular flexibility index (Phi) is 9.06. The molecule has 0 atom stereocenters. The van der Waals surface area contributed by atoms with Gasteiger partial charge in [0.15, 0.2) is 0 Å². The summed E-state index contributed by atoms with van der Waals surface area (Å²) in [5.41, 5.74) is 2.28. The topological polar surface area (TPSA) is 187 Å². The Balaban J connectivity index is 1.60. The van der Waals surface area contributed by atoms with E-state index in [-0.39, 0.29) is 33.5 Å². The number of hydrazone groups is 1. The molecule has 0 aliphatic rings. The average molecular weight is 628 g/mol. The Hall–Kier alpha value is -5.28. The molecule has 14 nitrogen and oxygen atoms in total. The van der Waals surface area contributed by atoms with Crippen molar-refractivity contribution in [2.75, 3.05) is 18.0 Å². The number of anilines is 1. The lowest BCUT2D eigenvalue weighted by Gasteiger charge is -2.25. The van der Waals surface area contributed by atoms with Gasteiger partial charge in [0, 0.05) is 34.3 Å². The van der Waals surface area contributed by atoms with Gasteiger partial charge in [0.2, 0.25) is 0 Å². The van der Waals surface area contributed by atoms with Gasteiger partial charge in [-0.2, -0.15) is 5.10 Å². The van der Waals surface area contributed by atoms with E-state index < -0.39 is 42.9 Å². The zero-order valence-electron chi connectivity index (χ0n) is 22.5. The minimum absolute atomic E-state index is 0.0650. The summed E-state index contributed by atoms with van der Waals surface area (Å²) in [4.78, 5) is 33.8. The second-order valence-corrected chi connectivity index (χ2v) is 11.1. The predicted molar refractivity (Wildman–Crippen MR) is 157 cm³/mol. The minimum atomic E-state index is -4.57. The van der Waals surface area contributed by atoms with Gasteiger partial charge in [-0.3, -0.25) is 29.3 Å². The van der Waals surface area contributed by atoms with Crippen LogP contribution in [-0.2, 0) is 14.8 Å². The summed E-state index contributed by atoms with van der Waals surface area (Å²) in [6, 6.07) is 16.4. The number of non-ortho nitro benzene ring substituents is 1. The number of benzene rings is 3. The van der Waals surface area contributed by atoms with Gasteiger partial charge < -0.3 is 9.15 Å². The molecule has 0 aliphatic heterocycles. The standard InChI is InChI=1S/C27H22ClN5O9S/c1-17-6-9-22(14-23(17)33(37)38)43(39,40)31(24-13-19(28)7-10-26(24)41-2)16-27(34)30-29-15-21-8-11-25(42-21)18-4-3-5-20(12-18)32(35)36/h3-15H,16H2,1-2H3,(H,30,34)/b29-15-. The Bertz CT molecular complexity index is 1860.